The molecule has 0 fully saturated rings. The highest BCUT2D eigenvalue weighted by Crippen LogP contribution is 2.19. The number of hydrogen-bond acceptors (Lipinski definition) is 4. The van der Waals surface area contributed by atoms with Gasteiger partial charge in [-0.25, -0.2) is 5.43 Å². The molecule has 1 unspecified atom stereocenters. The van der Waals surface area contributed by atoms with E-state index in [0.717, 1.165) is 24.2 Å². The number of hydrogen-bond donors (Lipinski definition) is 1. The number of nitrogens with one attached hydrogen (secondary N) is 1. The first-order valence-corrected chi connectivity index (χ1v) is 9.45. The molecule has 2 aromatic carbocycles. The fourth-order valence-corrected chi connectivity index (χ4v) is 2.43. The summed E-state index contributed by atoms with van der Waals surface area (Å²) in [6.45, 7) is 4.53. The molecule has 1 amide bonds. The lowest BCUT2D eigenvalue weighted by Gasteiger charge is -2.13. The topological polar surface area (TPSA) is 59.9 Å². The Labute approximate surface area is 165 Å². The Morgan fingerprint density at radius 1 is 1.15 bits per heavy atom. The molecule has 0 saturated carbocycles. The molecule has 0 spiro atoms. The highest BCUT2D eigenvalue weighted by molar-refractivity contribution is 6.33. The van der Waals surface area contributed by atoms with Gasteiger partial charge < -0.3 is 9.47 Å². The molecular weight excluding hydrogens is 364 g/mol. The Morgan fingerprint density at radius 2 is 1.85 bits per heavy atom. The number of carbonyl (C=O) groups is 1. The van der Waals surface area contributed by atoms with Crippen LogP contribution < -0.4 is 14.9 Å². The van der Waals surface area contributed by atoms with Crippen LogP contribution in [0.15, 0.2) is 53.6 Å². The molecule has 6 heteroatoms. The molecule has 0 aliphatic carbocycles. The predicted molar refractivity (Wildman–Crippen MR) is 109 cm³/mol. The molecule has 0 radical (unpaired) electrons. The maximum atomic E-state index is 12.1. The van der Waals surface area contributed by atoms with E-state index in [1.807, 2.05) is 30.3 Å². The molecule has 5 nitrogen and oxygen atoms in total. The zero-order valence-corrected chi connectivity index (χ0v) is 16.4. The normalized spacial score (nSPS) is 12.0. The van der Waals surface area contributed by atoms with Crippen LogP contribution >= 0.6 is 11.6 Å². The van der Waals surface area contributed by atoms with Gasteiger partial charge in [-0.2, -0.15) is 5.10 Å². The van der Waals surface area contributed by atoms with Crippen LogP contribution in [0.2, 0.25) is 5.02 Å². The smallest absolute Gasteiger partial charge is 0.280 e. The summed E-state index contributed by atoms with van der Waals surface area (Å²) in [5.41, 5.74) is 3.18. The number of amides is 1. The lowest BCUT2D eigenvalue weighted by Crippen LogP contribution is -2.33. The first-order chi connectivity index (χ1) is 13.1. The zero-order valence-electron chi connectivity index (χ0n) is 15.7. The Morgan fingerprint density at radius 3 is 2.56 bits per heavy atom. The van der Waals surface area contributed by atoms with Gasteiger partial charge in [-0.3, -0.25) is 4.79 Å². The molecule has 0 aliphatic heterocycles. The maximum Gasteiger partial charge on any atom is 0.280 e. The van der Waals surface area contributed by atoms with Gasteiger partial charge >= 0.3 is 0 Å². The number of hydrazone groups is 1. The Balaban J connectivity index is 1.79. The highest BCUT2D eigenvalue weighted by Gasteiger charge is 2.14. The van der Waals surface area contributed by atoms with Gasteiger partial charge in [0.15, 0.2) is 6.10 Å². The van der Waals surface area contributed by atoms with E-state index in [-0.39, 0.29) is 5.91 Å². The van der Waals surface area contributed by atoms with Crippen molar-refractivity contribution in [3.05, 3.63) is 59.1 Å². The second-order valence-electron chi connectivity index (χ2n) is 6.04. The van der Waals surface area contributed by atoms with Crippen LogP contribution in [-0.2, 0) is 4.79 Å². The van der Waals surface area contributed by atoms with Gasteiger partial charge in [0, 0.05) is 10.6 Å². The molecule has 27 heavy (non-hydrogen) atoms. The maximum absolute atomic E-state index is 12.1. The van der Waals surface area contributed by atoms with Gasteiger partial charge in [0.05, 0.1) is 12.8 Å². The summed E-state index contributed by atoms with van der Waals surface area (Å²) in [7, 11) is 0. The summed E-state index contributed by atoms with van der Waals surface area (Å²) in [4.78, 5) is 12.1. The lowest BCUT2D eigenvalue weighted by atomic mass is 10.2. The van der Waals surface area contributed by atoms with Crippen molar-refractivity contribution >= 4 is 23.7 Å². The number of benzene rings is 2. The number of rotatable bonds is 10. The molecule has 1 N–H and O–H groups in total. The molecule has 2 aromatic rings. The minimum atomic E-state index is -0.690. The van der Waals surface area contributed by atoms with E-state index < -0.39 is 6.10 Å². The molecule has 0 bridgehead atoms. The molecule has 0 heterocycles. The summed E-state index contributed by atoms with van der Waals surface area (Å²) < 4.78 is 11.3. The number of halogens is 1. The van der Waals surface area contributed by atoms with Gasteiger partial charge in [-0.05, 0) is 43.7 Å². The summed E-state index contributed by atoms with van der Waals surface area (Å²) in [5.74, 6) is 1.03. The Bertz CT molecular complexity index is 747. The van der Waals surface area contributed by atoms with E-state index in [1.54, 1.807) is 25.1 Å². The standard InChI is InChI=1S/C21H25ClN2O3/c1-3-4-7-14-26-18-10-12-19(13-11-18)27-16(2)21(25)24-23-15-17-8-5-6-9-20(17)22/h5-6,8-13,15-16H,3-4,7,14H2,1-2H3,(H,24,25). The van der Waals surface area contributed by atoms with Gasteiger partial charge in [0.2, 0.25) is 0 Å². The van der Waals surface area contributed by atoms with E-state index in [1.165, 1.54) is 12.6 Å². The molecular formula is C21H25ClN2O3. The van der Waals surface area contributed by atoms with Gasteiger partial charge in [-0.1, -0.05) is 49.6 Å². The van der Waals surface area contributed by atoms with E-state index >= 15 is 0 Å². The number of ether oxygens (including phenoxy) is 2. The van der Waals surface area contributed by atoms with Crippen molar-refractivity contribution in [3.63, 3.8) is 0 Å². The van der Waals surface area contributed by atoms with Crippen LogP contribution in [0.4, 0.5) is 0 Å². The predicted octanol–water partition coefficient (Wildman–Crippen LogP) is 4.83. The first-order valence-electron chi connectivity index (χ1n) is 9.07. The average molecular weight is 389 g/mol. The first kappa shape index (κ1) is 20.8. The highest BCUT2D eigenvalue weighted by atomic mass is 35.5. The van der Waals surface area contributed by atoms with E-state index in [2.05, 4.69) is 17.5 Å². The van der Waals surface area contributed by atoms with Crippen molar-refractivity contribution in [1.82, 2.24) is 5.43 Å². The quantitative estimate of drug-likeness (QED) is 0.360. The van der Waals surface area contributed by atoms with Crippen LogP contribution in [0.3, 0.4) is 0 Å². The van der Waals surface area contributed by atoms with E-state index in [0.29, 0.717) is 17.4 Å². The van der Waals surface area contributed by atoms with Crippen LogP contribution in [0.1, 0.15) is 38.7 Å². The van der Waals surface area contributed by atoms with Crippen molar-refractivity contribution < 1.29 is 14.3 Å². The number of unbranched alkanes of at least 4 members (excludes halogenated alkanes) is 2. The monoisotopic (exact) mass is 388 g/mol. The Kier molecular flexibility index (Phi) is 8.65. The van der Waals surface area contributed by atoms with Crippen LogP contribution in [0.5, 0.6) is 11.5 Å². The van der Waals surface area contributed by atoms with Crippen molar-refractivity contribution in [1.29, 1.82) is 0 Å². The van der Waals surface area contributed by atoms with Gasteiger partial charge in [-0.15, -0.1) is 0 Å². The third-order valence-electron chi connectivity index (χ3n) is 3.81. The number of carbonyl (C=O) groups excluding carboxylic acids is 1. The second-order valence-corrected chi connectivity index (χ2v) is 6.45. The molecule has 2 rings (SSSR count). The Hall–Kier alpha value is -2.53. The third kappa shape index (κ3) is 7.31. The van der Waals surface area contributed by atoms with E-state index in [9.17, 15) is 4.79 Å². The largest absolute Gasteiger partial charge is 0.494 e. The minimum Gasteiger partial charge on any atom is -0.494 e. The van der Waals surface area contributed by atoms with Crippen LogP contribution in [0, 0.1) is 0 Å². The summed E-state index contributed by atoms with van der Waals surface area (Å²) in [5, 5.41) is 4.49. The SMILES string of the molecule is CCCCCOc1ccc(OC(C)C(=O)NN=Cc2ccccc2Cl)cc1. The zero-order chi connectivity index (χ0) is 19.5. The summed E-state index contributed by atoms with van der Waals surface area (Å²) >= 11 is 6.03. The molecule has 0 aliphatic rings. The van der Waals surface area contributed by atoms with Crippen LogP contribution in [-0.4, -0.2) is 24.8 Å². The molecule has 0 saturated heterocycles. The molecule has 0 aromatic heterocycles. The fraction of sp³-hybridized carbons (Fsp3) is 0.333. The minimum absolute atomic E-state index is 0.349. The second kappa shape index (κ2) is 11.2. The van der Waals surface area contributed by atoms with Crippen molar-refractivity contribution in [2.24, 2.45) is 5.10 Å². The third-order valence-corrected chi connectivity index (χ3v) is 4.15. The van der Waals surface area contributed by atoms with Gasteiger partial charge in [0.1, 0.15) is 11.5 Å². The van der Waals surface area contributed by atoms with E-state index in [4.69, 9.17) is 21.1 Å². The fourth-order valence-electron chi connectivity index (χ4n) is 2.25. The van der Waals surface area contributed by atoms with Crippen molar-refractivity contribution in [3.8, 4) is 11.5 Å². The average Bonchev–Trinajstić information content (AvgIpc) is 2.68. The molecule has 1 atom stereocenters. The number of nitrogens with zero attached hydrogens (tertiary/aromatic N) is 1. The lowest BCUT2D eigenvalue weighted by molar-refractivity contribution is -0.127. The van der Waals surface area contributed by atoms with Crippen molar-refractivity contribution in [2.75, 3.05) is 6.61 Å². The van der Waals surface area contributed by atoms with Crippen molar-refractivity contribution in [2.45, 2.75) is 39.2 Å². The summed E-state index contributed by atoms with van der Waals surface area (Å²) in [6.07, 6.45) is 4.17. The van der Waals surface area contributed by atoms with Crippen LogP contribution in [0.25, 0.3) is 0 Å². The summed E-state index contributed by atoms with van der Waals surface area (Å²) in [6, 6.07) is 14.5. The van der Waals surface area contributed by atoms with Gasteiger partial charge in [0.25, 0.3) is 5.91 Å². The molecule has 144 valence electrons.